The molecule has 0 amide bonds. The number of nitrogens with zero attached hydrogens (tertiary/aromatic N) is 2. The molecule has 7 nitrogen and oxygen atoms in total. The molecule has 0 bridgehead atoms. The van der Waals surface area contributed by atoms with Gasteiger partial charge in [0.25, 0.3) is 10.0 Å². The van der Waals surface area contributed by atoms with Gasteiger partial charge in [0.05, 0.1) is 17.1 Å². The summed E-state index contributed by atoms with van der Waals surface area (Å²) in [6.07, 6.45) is 1.48. The summed E-state index contributed by atoms with van der Waals surface area (Å²) in [7, 11) is -2.36. The predicted molar refractivity (Wildman–Crippen MR) is 127 cm³/mol. The molecule has 0 aliphatic rings. The van der Waals surface area contributed by atoms with E-state index in [9.17, 15) is 18.1 Å². The average Bonchev–Trinajstić information content (AvgIpc) is 3.33. The zero-order valence-electron chi connectivity index (χ0n) is 17.9. The average molecular weight is 496 g/mol. The van der Waals surface area contributed by atoms with Crippen molar-refractivity contribution in [1.82, 2.24) is 4.98 Å². The van der Waals surface area contributed by atoms with E-state index in [-0.39, 0.29) is 21.3 Å². The third kappa shape index (κ3) is 5.23. The number of nitrogens with one attached hydrogen (secondary N) is 1. The van der Waals surface area contributed by atoms with Crippen LogP contribution in [0.2, 0.25) is 0 Å². The highest BCUT2D eigenvalue weighted by atomic mass is 32.2. The van der Waals surface area contributed by atoms with Crippen molar-refractivity contribution < 1.29 is 22.3 Å². The van der Waals surface area contributed by atoms with Crippen LogP contribution < -0.4 is 9.46 Å². The lowest BCUT2D eigenvalue weighted by Gasteiger charge is -2.14. The monoisotopic (exact) mass is 495 g/mol. The van der Waals surface area contributed by atoms with E-state index in [0.717, 1.165) is 16.9 Å². The van der Waals surface area contributed by atoms with Gasteiger partial charge in [0.15, 0.2) is 5.13 Å². The molecule has 1 aromatic heterocycles. The number of benzene rings is 3. The molecule has 0 atom stereocenters. The molecule has 0 aliphatic heterocycles. The van der Waals surface area contributed by atoms with Crippen LogP contribution in [0.1, 0.15) is 11.1 Å². The number of hydrogen-bond acceptors (Lipinski definition) is 7. The van der Waals surface area contributed by atoms with Gasteiger partial charge in [0.2, 0.25) is 0 Å². The zero-order chi connectivity index (χ0) is 24.1. The number of ether oxygens (including phenoxy) is 2. The lowest BCUT2D eigenvalue weighted by molar-refractivity contribution is 0.185. The second-order valence-electron chi connectivity index (χ2n) is 7.09. The number of rotatable bonds is 8. The normalized spacial score (nSPS) is 11.1. The minimum Gasteiger partial charge on any atom is -0.455 e. The van der Waals surface area contributed by atoms with Crippen LogP contribution >= 0.6 is 11.3 Å². The van der Waals surface area contributed by atoms with Gasteiger partial charge in [-0.2, -0.15) is 5.26 Å². The summed E-state index contributed by atoms with van der Waals surface area (Å²) in [6, 6.07) is 17.3. The Labute approximate surface area is 200 Å². The van der Waals surface area contributed by atoms with E-state index >= 15 is 0 Å². The first kappa shape index (κ1) is 23.4. The van der Waals surface area contributed by atoms with Gasteiger partial charge >= 0.3 is 0 Å². The van der Waals surface area contributed by atoms with Gasteiger partial charge in [-0.05, 0) is 53.6 Å². The van der Waals surface area contributed by atoms with E-state index in [4.69, 9.17) is 9.47 Å². The first-order valence-corrected chi connectivity index (χ1v) is 12.3. The molecule has 0 spiro atoms. The van der Waals surface area contributed by atoms with Crippen LogP contribution in [0.15, 0.2) is 77.1 Å². The van der Waals surface area contributed by atoms with Crippen molar-refractivity contribution in [1.29, 1.82) is 5.26 Å². The molecule has 3 aromatic carbocycles. The lowest BCUT2D eigenvalue weighted by Crippen LogP contribution is -2.13. The maximum absolute atomic E-state index is 14.1. The highest BCUT2D eigenvalue weighted by molar-refractivity contribution is 7.93. The van der Waals surface area contributed by atoms with Gasteiger partial charge in [0.1, 0.15) is 23.4 Å². The van der Waals surface area contributed by atoms with Crippen LogP contribution in [-0.4, -0.2) is 20.5 Å². The highest BCUT2D eigenvalue weighted by Crippen LogP contribution is 2.36. The smallest absolute Gasteiger partial charge is 0.263 e. The number of thiazole rings is 1. The summed E-state index contributed by atoms with van der Waals surface area (Å²) < 4.78 is 52.9. The summed E-state index contributed by atoms with van der Waals surface area (Å²) >= 11 is 1.13. The van der Waals surface area contributed by atoms with Gasteiger partial charge in [-0.3, -0.25) is 4.72 Å². The van der Waals surface area contributed by atoms with Crippen molar-refractivity contribution in [3.05, 3.63) is 89.2 Å². The fourth-order valence-electron chi connectivity index (χ4n) is 3.23. The third-order valence-electron chi connectivity index (χ3n) is 4.75. The summed E-state index contributed by atoms with van der Waals surface area (Å²) in [5.41, 5.74) is 2.08. The van der Waals surface area contributed by atoms with Crippen molar-refractivity contribution in [3.8, 4) is 28.7 Å². The van der Waals surface area contributed by atoms with Crippen molar-refractivity contribution >= 4 is 26.5 Å². The Bertz CT molecular complexity index is 1470. The molecule has 1 heterocycles. The lowest BCUT2D eigenvalue weighted by atomic mass is 10.0. The molecule has 4 rings (SSSR count). The van der Waals surface area contributed by atoms with E-state index in [0.29, 0.717) is 23.5 Å². The van der Waals surface area contributed by atoms with Crippen LogP contribution in [0, 0.1) is 17.1 Å². The maximum atomic E-state index is 14.1. The number of halogens is 1. The van der Waals surface area contributed by atoms with E-state index in [1.165, 1.54) is 42.6 Å². The van der Waals surface area contributed by atoms with Crippen molar-refractivity contribution in [2.24, 2.45) is 0 Å². The Morgan fingerprint density at radius 2 is 1.94 bits per heavy atom. The molecular formula is C24H18FN3O4S2. The Kier molecular flexibility index (Phi) is 6.88. The standard InChI is InChI=1S/C24H18FN3O4S2/c1-31-15-16-3-2-4-17(11-16)21-13-19(25)5-7-23(21)32-22-8-6-20(12-18(22)14-26)34(29,30)28-24-27-9-10-33-24/h2-13H,15H2,1H3,(H,27,28). The Hall–Kier alpha value is -3.78. The molecule has 4 aromatic rings. The van der Waals surface area contributed by atoms with Crippen LogP contribution in [0.4, 0.5) is 9.52 Å². The van der Waals surface area contributed by atoms with Gasteiger partial charge in [0, 0.05) is 24.3 Å². The van der Waals surface area contributed by atoms with Gasteiger partial charge in [-0.15, -0.1) is 11.3 Å². The predicted octanol–water partition coefficient (Wildman–Crippen LogP) is 5.56. The number of sulfonamides is 1. The van der Waals surface area contributed by atoms with Crippen molar-refractivity contribution in [3.63, 3.8) is 0 Å². The fourth-order valence-corrected chi connectivity index (χ4v) is 5.05. The SMILES string of the molecule is COCc1cccc(-c2cc(F)ccc2Oc2ccc(S(=O)(=O)Nc3nccs3)cc2C#N)c1. The minimum absolute atomic E-state index is 0.00502. The zero-order valence-corrected chi connectivity index (χ0v) is 19.5. The molecule has 0 saturated carbocycles. The molecule has 0 saturated heterocycles. The van der Waals surface area contributed by atoms with E-state index in [2.05, 4.69) is 9.71 Å². The first-order valence-electron chi connectivity index (χ1n) is 9.92. The van der Waals surface area contributed by atoms with Gasteiger partial charge < -0.3 is 9.47 Å². The second kappa shape index (κ2) is 10.0. The molecule has 0 unspecified atom stereocenters. The molecule has 1 N–H and O–H groups in total. The second-order valence-corrected chi connectivity index (χ2v) is 9.67. The highest BCUT2D eigenvalue weighted by Gasteiger charge is 2.19. The minimum atomic E-state index is -3.94. The molecule has 34 heavy (non-hydrogen) atoms. The Balaban J connectivity index is 1.68. The van der Waals surface area contributed by atoms with Crippen molar-refractivity contribution in [2.45, 2.75) is 11.5 Å². The summed E-state index contributed by atoms with van der Waals surface area (Å²) in [4.78, 5) is 3.79. The number of hydrogen-bond donors (Lipinski definition) is 1. The quantitative estimate of drug-likeness (QED) is 0.343. The van der Waals surface area contributed by atoms with Gasteiger partial charge in [-0.25, -0.2) is 17.8 Å². The number of anilines is 1. The first-order chi connectivity index (χ1) is 16.4. The Morgan fingerprint density at radius 3 is 2.68 bits per heavy atom. The number of nitriles is 1. The summed E-state index contributed by atoms with van der Waals surface area (Å²) in [5, 5.41) is 11.5. The van der Waals surface area contributed by atoms with Crippen LogP contribution in [0.25, 0.3) is 11.1 Å². The van der Waals surface area contributed by atoms with E-state index in [1.54, 1.807) is 12.5 Å². The molecule has 0 fully saturated rings. The molecule has 10 heteroatoms. The number of methoxy groups -OCH3 is 1. The van der Waals surface area contributed by atoms with Crippen LogP contribution in [-0.2, 0) is 21.4 Å². The van der Waals surface area contributed by atoms with Crippen LogP contribution in [0.5, 0.6) is 11.5 Å². The van der Waals surface area contributed by atoms with Gasteiger partial charge in [-0.1, -0.05) is 18.2 Å². The summed E-state index contributed by atoms with van der Waals surface area (Å²) in [5.74, 6) is -0.00436. The molecular weight excluding hydrogens is 477 g/mol. The molecule has 0 aliphatic carbocycles. The molecule has 172 valence electrons. The fraction of sp³-hybridized carbons (Fsp3) is 0.0833. The summed E-state index contributed by atoms with van der Waals surface area (Å²) in [6.45, 7) is 0.392. The third-order valence-corrected chi connectivity index (χ3v) is 6.90. The largest absolute Gasteiger partial charge is 0.455 e. The molecule has 0 radical (unpaired) electrons. The van der Waals surface area contributed by atoms with E-state index < -0.39 is 15.8 Å². The topological polar surface area (TPSA) is 101 Å². The van der Waals surface area contributed by atoms with Crippen LogP contribution in [0.3, 0.4) is 0 Å². The van der Waals surface area contributed by atoms with Crippen molar-refractivity contribution in [2.75, 3.05) is 11.8 Å². The number of aromatic nitrogens is 1. The van der Waals surface area contributed by atoms with E-state index in [1.807, 2.05) is 30.3 Å². The Morgan fingerprint density at radius 1 is 1.12 bits per heavy atom. The maximum Gasteiger partial charge on any atom is 0.263 e.